The van der Waals surface area contributed by atoms with Crippen molar-refractivity contribution in [2.45, 2.75) is 57.3 Å². The van der Waals surface area contributed by atoms with Gasteiger partial charge in [0.05, 0.1) is 18.3 Å². The van der Waals surface area contributed by atoms with E-state index in [1.54, 1.807) is 11.0 Å². The molecule has 3 aromatic rings. The zero-order chi connectivity index (χ0) is 22.8. The van der Waals surface area contributed by atoms with Crippen LogP contribution < -0.4 is 10.6 Å². The van der Waals surface area contributed by atoms with Gasteiger partial charge in [-0.05, 0) is 31.7 Å². The Kier molecular flexibility index (Phi) is 6.13. The van der Waals surface area contributed by atoms with E-state index in [2.05, 4.69) is 51.8 Å². The van der Waals surface area contributed by atoms with Crippen LogP contribution >= 0.6 is 0 Å². The lowest BCUT2D eigenvalue weighted by Gasteiger charge is -2.28. The maximum atomic E-state index is 6.35. The minimum absolute atomic E-state index is 0.0318. The second-order valence-electron chi connectivity index (χ2n) is 9.01. The van der Waals surface area contributed by atoms with Crippen molar-refractivity contribution in [1.29, 1.82) is 0 Å². The standard InChI is InChI=1S/C24H32N8O/c1-17-20(27-23(25)24-26-16-31(29-24)15-18-6-4-3-5-7-18)8-11-32-22(30(17)2)14-21(28-32)19-9-12-33-13-10-19/h3-7,14,16-17,19-20H,8-13,15H2,1-2H3,(H2,25,27). The van der Waals surface area contributed by atoms with Gasteiger partial charge in [0.1, 0.15) is 12.1 Å². The van der Waals surface area contributed by atoms with Crippen molar-refractivity contribution in [3.63, 3.8) is 0 Å². The molecular formula is C24H32N8O. The minimum Gasteiger partial charge on any atom is -0.381 e. The van der Waals surface area contributed by atoms with Crippen LogP contribution in [-0.4, -0.2) is 62.7 Å². The molecule has 0 bridgehead atoms. The van der Waals surface area contributed by atoms with E-state index in [1.807, 2.05) is 18.2 Å². The van der Waals surface area contributed by atoms with Crippen LogP contribution in [0.5, 0.6) is 0 Å². The van der Waals surface area contributed by atoms with E-state index in [9.17, 15) is 0 Å². The van der Waals surface area contributed by atoms with Crippen LogP contribution in [0.25, 0.3) is 0 Å². The van der Waals surface area contributed by atoms with Crippen molar-refractivity contribution in [2.24, 2.45) is 10.7 Å². The number of rotatable bonds is 5. The van der Waals surface area contributed by atoms with E-state index < -0.39 is 0 Å². The van der Waals surface area contributed by atoms with E-state index >= 15 is 0 Å². The number of hydrogen-bond acceptors (Lipinski definition) is 6. The lowest BCUT2D eigenvalue weighted by atomic mass is 9.97. The normalized spacial score (nSPS) is 22.2. The Balaban J connectivity index is 1.29. The van der Waals surface area contributed by atoms with Crippen LogP contribution in [0, 0.1) is 0 Å². The largest absolute Gasteiger partial charge is 0.381 e. The predicted octanol–water partition coefficient (Wildman–Crippen LogP) is 2.42. The van der Waals surface area contributed by atoms with Crippen molar-refractivity contribution >= 4 is 11.7 Å². The molecule has 5 rings (SSSR count). The first-order valence-electron chi connectivity index (χ1n) is 11.7. The second kappa shape index (κ2) is 9.35. The highest BCUT2D eigenvalue weighted by Gasteiger charge is 2.30. The van der Waals surface area contributed by atoms with Crippen LogP contribution in [0.2, 0.25) is 0 Å². The third kappa shape index (κ3) is 4.64. The molecule has 1 fully saturated rings. The van der Waals surface area contributed by atoms with Gasteiger partial charge < -0.3 is 15.4 Å². The fourth-order valence-corrected chi connectivity index (χ4v) is 4.70. The molecule has 0 spiro atoms. The average molecular weight is 449 g/mol. The highest BCUT2D eigenvalue weighted by atomic mass is 16.5. The van der Waals surface area contributed by atoms with Crippen LogP contribution in [0.3, 0.4) is 0 Å². The fourth-order valence-electron chi connectivity index (χ4n) is 4.70. The first-order chi connectivity index (χ1) is 16.1. The molecule has 2 aliphatic heterocycles. The Morgan fingerprint density at radius 2 is 1.94 bits per heavy atom. The number of aliphatic imine (C=N–C) groups is 1. The number of aromatic nitrogens is 5. The first kappa shape index (κ1) is 21.6. The molecule has 1 aromatic carbocycles. The van der Waals surface area contributed by atoms with Gasteiger partial charge in [-0.15, -0.1) is 5.10 Å². The fraction of sp³-hybridized carbons (Fsp3) is 0.500. The van der Waals surface area contributed by atoms with Crippen molar-refractivity contribution in [2.75, 3.05) is 25.2 Å². The summed E-state index contributed by atoms with van der Waals surface area (Å²) in [5, 5.41) is 9.49. The molecule has 0 aliphatic carbocycles. The van der Waals surface area contributed by atoms with Crippen molar-refractivity contribution in [3.8, 4) is 0 Å². The zero-order valence-electron chi connectivity index (χ0n) is 19.3. The molecule has 33 heavy (non-hydrogen) atoms. The lowest BCUT2D eigenvalue weighted by Crippen LogP contribution is -2.38. The molecule has 0 saturated carbocycles. The molecule has 2 aromatic heterocycles. The van der Waals surface area contributed by atoms with E-state index in [0.717, 1.165) is 50.4 Å². The molecule has 9 heteroatoms. The van der Waals surface area contributed by atoms with Crippen LogP contribution in [-0.2, 0) is 17.8 Å². The smallest absolute Gasteiger partial charge is 0.216 e. The van der Waals surface area contributed by atoms with E-state index in [-0.39, 0.29) is 12.1 Å². The second-order valence-corrected chi connectivity index (χ2v) is 9.01. The first-order valence-corrected chi connectivity index (χ1v) is 11.7. The van der Waals surface area contributed by atoms with Crippen LogP contribution in [0.4, 0.5) is 5.82 Å². The summed E-state index contributed by atoms with van der Waals surface area (Å²) in [6.07, 6.45) is 4.66. The van der Waals surface area contributed by atoms with Crippen LogP contribution in [0.1, 0.15) is 49.2 Å². The van der Waals surface area contributed by atoms with Gasteiger partial charge in [-0.2, -0.15) is 5.10 Å². The summed E-state index contributed by atoms with van der Waals surface area (Å²) in [7, 11) is 2.11. The predicted molar refractivity (Wildman–Crippen MR) is 128 cm³/mol. The summed E-state index contributed by atoms with van der Waals surface area (Å²) in [6.45, 7) is 5.30. The highest BCUT2D eigenvalue weighted by molar-refractivity contribution is 5.93. The minimum atomic E-state index is 0.0318. The van der Waals surface area contributed by atoms with Gasteiger partial charge in [0.15, 0.2) is 5.84 Å². The Hall–Kier alpha value is -3.20. The number of fused-ring (bicyclic) bond motifs is 1. The van der Waals surface area contributed by atoms with Gasteiger partial charge in [-0.1, -0.05) is 30.3 Å². The molecule has 2 aliphatic rings. The van der Waals surface area contributed by atoms with Gasteiger partial charge in [-0.25, -0.2) is 14.3 Å². The molecule has 2 N–H and O–H groups in total. The number of anilines is 1. The Morgan fingerprint density at radius 1 is 1.15 bits per heavy atom. The number of benzene rings is 1. The van der Waals surface area contributed by atoms with Gasteiger partial charge >= 0.3 is 0 Å². The summed E-state index contributed by atoms with van der Waals surface area (Å²) in [5.74, 6) is 2.49. The molecule has 174 valence electrons. The molecule has 4 heterocycles. The number of likely N-dealkylation sites (N-methyl/N-ethyl adjacent to an activating group) is 1. The molecule has 9 nitrogen and oxygen atoms in total. The maximum Gasteiger partial charge on any atom is 0.216 e. The van der Waals surface area contributed by atoms with Crippen molar-refractivity contribution in [1.82, 2.24) is 24.5 Å². The number of amidine groups is 1. The lowest BCUT2D eigenvalue weighted by molar-refractivity contribution is 0.0843. The quantitative estimate of drug-likeness (QED) is 0.475. The number of aryl methyl sites for hydroxylation is 1. The molecule has 1 saturated heterocycles. The Morgan fingerprint density at radius 3 is 2.73 bits per heavy atom. The Labute approximate surface area is 194 Å². The number of nitrogens with two attached hydrogens (primary N) is 1. The van der Waals surface area contributed by atoms with E-state index in [1.165, 1.54) is 5.69 Å². The molecule has 0 radical (unpaired) electrons. The summed E-state index contributed by atoms with van der Waals surface area (Å²) in [6, 6.07) is 12.6. The SMILES string of the molecule is CC1C(N=C(N)c2ncn(Cc3ccccc3)n2)CCn2nc(C3CCOCC3)cc2N1C. The third-order valence-electron chi connectivity index (χ3n) is 6.84. The summed E-state index contributed by atoms with van der Waals surface area (Å²) >= 11 is 0. The third-order valence-corrected chi connectivity index (χ3v) is 6.84. The van der Waals surface area contributed by atoms with Crippen molar-refractivity contribution < 1.29 is 4.74 Å². The molecule has 2 atom stereocenters. The summed E-state index contributed by atoms with van der Waals surface area (Å²) < 4.78 is 9.44. The molecule has 0 amide bonds. The van der Waals surface area contributed by atoms with Gasteiger partial charge in [0.25, 0.3) is 0 Å². The number of hydrogen-bond donors (Lipinski definition) is 1. The van der Waals surface area contributed by atoms with Gasteiger partial charge in [0, 0.05) is 44.8 Å². The summed E-state index contributed by atoms with van der Waals surface area (Å²) in [4.78, 5) is 11.5. The van der Waals surface area contributed by atoms with Crippen molar-refractivity contribution in [3.05, 3.63) is 59.8 Å². The zero-order valence-corrected chi connectivity index (χ0v) is 19.3. The van der Waals surface area contributed by atoms with Crippen LogP contribution in [0.15, 0.2) is 47.7 Å². The van der Waals surface area contributed by atoms with Gasteiger partial charge in [0.2, 0.25) is 5.82 Å². The van der Waals surface area contributed by atoms with Gasteiger partial charge in [-0.3, -0.25) is 4.99 Å². The number of ether oxygens (including phenoxy) is 1. The summed E-state index contributed by atoms with van der Waals surface area (Å²) in [5.41, 5.74) is 8.70. The molecular weight excluding hydrogens is 416 g/mol. The Bertz CT molecular complexity index is 1100. The monoisotopic (exact) mass is 448 g/mol. The number of nitrogens with zero attached hydrogens (tertiary/aromatic N) is 7. The average Bonchev–Trinajstić information content (AvgIpc) is 3.47. The molecule has 2 unspecified atom stereocenters. The highest BCUT2D eigenvalue weighted by Crippen LogP contribution is 2.32. The topological polar surface area (TPSA) is 99.4 Å². The van der Waals surface area contributed by atoms with E-state index in [4.69, 9.17) is 20.6 Å². The maximum absolute atomic E-state index is 6.35. The van der Waals surface area contributed by atoms with E-state index in [0.29, 0.717) is 24.1 Å².